The maximum absolute atomic E-state index is 14.0. The molecule has 0 aliphatic carbocycles. The summed E-state index contributed by atoms with van der Waals surface area (Å²) in [5, 5.41) is 12.0. The van der Waals surface area contributed by atoms with E-state index in [9.17, 15) is 9.59 Å². The standard InChI is InChI=1S/C33H44N6O2/c1-8-9-10-11-24(4)33(15-14-23(2)3)30(41)39(31(34)36-33)21-25-12-13-27(32(5,6)7)26(20-25)29(40)38-19-18-37-17-16-35-28(37)22-38/h8-13,16-17,20,23H,4,14-15,18-19,21-22H2,1-3,5-7H3,(H2,34,36)/b9-8-,11-10-/t33-/m1/s1. The zero-order valence-electron chi connectivity index (χ0n) is 25.3. The molecule has 1 aromatic carbocycles. The first-order valence-electron chi connectivity index (χ1n) is 14.5. The molecule has 41 heavy (non-hydrogen) atoms. The molecule has 1 atom stereocenters. The van der Waals surface area contributed by atoms with Gasteiger partial charge in [-0.05, 0) is 53.9 Å². The van der Waals surface area contributed by atoms with Gasteiger partial charge in [-0.2, -0.15) is 0 Å². The van der Waals surface area contributed by atoms with E-state index < -0.39 is 5.54 Å². The monoisotopic (exact) mass is 556 g/mol. The zero-order chi connectivity index (χ0) is 29.9. The van der Waals surface area contributed by atoms with E-state index in [-0.39, 0.29) is 29.7 Å². The van der Waals surface area contributed by atoms with Crippen molar-refractivity contribution in [1.29, 1.82) is 5.41 Å². The Morgan fingerprint density at radius 3 is 2.68 bits per heavy atom. The van der Waals surface area contributed by atoms with Crippen molar-refractivity contribution >= 4 is 17.8 Å². The number of fused-ring (bicyclic) bond motifs is 1. The van der Waals surface area contributed by atoms with E-state index in [0.717, 1.165) is 23.4 Å². The Morgan fingerprint density at radius 1 is 1.24 bits per heavy atom. The molecule has 2 aliphatic rings. The number of rotatable bonds is 9. The third-order valence-electron chi connectivity index (χ3n) is 7.95. The van der Waals surface area contributed by atoms with Crippen LogP contribution in [0.25, 0.3) is 0 Å². The molecule has 2 aromatic rings. The number of carbonyl (C=O) groups is 2. The van der Waals surface area contributed by atoms with E-state index in [0.29, 0.717) is 43.1 Å². The van der Waals surface area contributed by atoms with E-state index >= 15 is 0 Å². The van der Waals surface area contributed by atoms with E-state index in [4.69, 9.17) is 5.41 Å². The largest absolute Gasteiger partial charge is 0.338 e. The minimum atomic E-state index is -1.07. The first kappa shape index (κ1) is 30.0. The predicted octanol–water partition coefficient (Wildman–Crippen LogP) is 5.57. The molecular weight excluding hydrogens is 512 g/mol. The Kier molecular flexibility index (Phi) is 8.71. The second-order valence-electron chi connectivity index (χ2n) is 12.5. The van der Waals surface area contributed by atoms with Gasteiger partial charge in [0.1, 0.15) is 11.4 Å². The van der Waals surface area contributed by atoms with Gasteiger partial charge in [0.15, 0.2) is 5.96 Å². The molecule has 0 bridgehead atoms. The highest BCUT2D eigenvalue weighted by Crippen LogP contribution is 2.34. The van der Waals surface area contributed by atoms with Crippen LogP contribution >= 0.6 is 0 Å². The Morgan fingerprint density at radius 2 is 2.00 bits per heavy atom. The second-order valence-corrected chi connectivity index (χ2v) is 12.5. The molecule has 2 amide bonds. The summed E-state index contributed by atoms with van der Waals surface area (Å²) < 4.78 is 2.08. The fourth-order valence-corrected chi connectivity index (χ4v) is 5.50. The van der Waals surface area contributed by atoms with Crippen LogP contribution in [0.5, 0.6) is 0 Å². The Labute approximate surface area is 244 Å². The molecule has 4 rings (SSSR count). The highest BCUT2D eigenvalue weighted by atomic mass is 16.2. The molecule has 218 valence electrons. The maximum atomic E-state index is 14.0. The van der Waals surface area contributed by atoms with Gasteiger partial charge in [0.2, 0.25) is 0 Å². The predicted molar refractivity (Wildman–Crippen MR) is 163 cm³/mol. The smallest absolute Gasteiger partial charge is 0.259 e. The Hall–Kier alpha value is -3.94. The maximum Gasteiger partial charge on any atom is 0.259 e. The lowest BCUT2D eigenvalue weighted by atomic mass is 9.82. The molecule has 8 nitrogen and oxygen atoms in total. The van der Waals surface area contributed by atoms with E-state index in [1.807, 2.05) is 60.5 Å². The summed E-state index contributed by atoms with van der Waals surface area (Å²) in [7, 11) is 0. The number of hydrogen-bond donors (Lipinski definition) is 2. The van der Waals surface area contributed by atoms with Gasteiger partial charge in [-0.3, -0.25) is 19.9 Å². The normalized spacial score (nSPS) is 19.5. The molecular formula is C33H44N6O2. The summed E-state index contributed by atoms with van der Waals surface area (Å²) in [4.78, 5) is 35.7. The fourth-order valence-electron chi connectivity index (χ4n) is 5.50. The third-order valence-corrected chi connectivity index (χ3v) is 7.95. The second kappa shape index (κ2) is 11.9. The summed E-state index contributed by atoms with van der Waals surface area (Å²) >= 11 is 0. The molecule has 1 fully saturated rings. The van der Waals surface area contributed by atoms with Gasteiger partial charge >= 0.3 is 0 Å². The first-order chi connectivity index (χ1) is 19.4. The molecule has 0 spiro atoms. The minimum Gasteiger partial charge on any atom is -0.338 e. The average molecular weight is 557 g/mol. The molecule has 0 saturated carbocycles. The van der Waals surface area contributed by atoms with Crippen molar-refractivity contribution in [2.24, 2.45) is 5.92 Å². The lowest BCUT2D eigenvalue weighted by molar-refractivity contribution is -0.130. The summed E-state index contributed by atoms with van der Waals surface area (Å²) in [6.07, 6.45) is 12.6. The fraction of sp³-hybridized carbons (Fsp3) is 0.455. The molecule has 1 aromatic heterocycles. The van der Waals surface area contributed by atoms with Gasteiger partial charge in [-0.25, -0.2) is 4.98 Å². The number of imidazole rings is 1. The molecule has 3 heterocycles. The summed E-state index contributed by atoms with van der Waals surface area (Å²) in [5.74, 6) is 1.09. The third kappa shape index (κ3) is 6.21. The number of nitrogens with one attached hydrogen (secondary N) is 2. The topological polar surface area (TPSA) is 94.3 Å². The van der Waals surface area contributed by atoms with Crippen molar-refractivity contribution in [3.63, 3.8) is 0 Å². The van der Waals surface area contributed by atoms with Crippen LogP contribution in [0.1, 0.15) is 81.7 Å². The van der Waals surface area contributed by atoms with Crippen LogP contribution in [0.15, 0.2) is 67.0 Å². The molecule has 0 radical (unpaired) electrons. The van der Waals surface area contributed by atoms with Gasteiger partial charge < -0.3 is 14.8 Å². The van der Waals surface area contributed by atoms with Crippen molar-refractivity contribution < 1.29 is 9.59 Å². The van der Waals surface area contributed by atoms with Crippen LogP contribution in [0.3, 0.4) is 0 Å². The van der Waals surface area contributed by atoms with E-state index in [2.05, 4.69) is 56.1 Å². The van der Waals surface area contributed by atoms with Crippen LogP contribution in [-0.2, 0) is 29.8 Å². The number of hydrogen-bond acceptors (Lipinski definition) is 4. The van der Waals surface area contributed by atoms with Crippen molar-refractivity contribution in [3.05, 3.63) is 89.6 Å². The molecule has 2 aliphatic heterocycles. The molecule has 0 unspecified atom stereocenters. The summed E-state index contributed by atoms with van der Waals surface area (Å²) in [6.45, 7) is 18.7. The van der Waals surface area contributed by atoms with Crippen LogP contribution in [0.4, 0.5) is 0 Å². The number of amides is 2. The van der Waals surface area contributed by atoms with Gasteiger partial charge in [0.25, 0.3) is 11.8 Å². The highest BCUT2D eigenvalue weighted by Gasteiger charge is 2.50. The number of aromatic nitrogens is 2. The van der Waals surface area contributed by atoms with Gasteiger partial charge in [0, 0.05) is 31.0 Å². The number of benzene rings is 1. The Bertz CT molecular complexity index is 1390. The van der Waals surface area contributed by atoms with Gasteiger partial charge in [-0.15, -0.1) is 0 Å². The number of allylic oxidation sites excluding steroid dienone is 3. The lowest BCUT2D eigenvalue weighted by Crippen LogP contribution is -2.48. The lowest BCUT2D eigenvalue weighted by Gasteiger charge is -2.31. The van der Waals surface area contributed by atoms with Crippen molar-refractivity contribution in [2.75, 3.05) is 6.54 Å². The Balaban J connectivity index is 1.64. The number of guanidine groups is 1. The van der Waals surface area contributed by atoms with Gasteiger partial charge in [0.05, 0.1) is 13.1 Å². The first-order valence-corrected chi connectivity index (χ1v) is 14.5. The molecule has 8 heteroatoms. The van der Waals surface area contributed by atoms with E-state index in [1.165, 1.54) is 4.90 Å². The number of carbonyl (C=O) groups excluding carboxylic acids is 2. The van der Waals surface area contributed by atoms with Crippen molar-refractivity contribution in [3.8, 4) is 0 Å². The SMILES string of the molecule is C=C(/C=C\C=C/C)[C@@]1(CCC(C)C)NC(=N)N(Cc2ccc(C(C)(C)C)c(C(=O)N3CCn4ccnc4C3)c2)C1=O. The van der Waals surface area contributed by atoms with Crippen LogP contribution < -0.4 is 5.32 Å². The highest BCUT2D eigenvalue weighted by molar-refractivity contribution is 6.10. The minimum absolute atomic E-state index is 0.0410. The summed E-state index contributed by atoms with van der Waals surface area (Å²) in [5.41, 5.74) is 1.70. The summed E-state index contributed by atoms with van der Waals surface area (Å²) in [6, 6.07) is 5.87. The van der Waals surface area contributed by atoms with Crippen LogP contribution in [-0.4, -0.2) is 49.2 Å². The van der Waals surface area contributed by atoms with Crippen LogP contribution in [0.2, 0.25) is 0 Å². The van der Waals surface area contributed by atoms with Crippen molar-refractivity contribution in [2.45, 2.75) is 85.0 Å². The molecule has 2 N–H and O–H groups in total. The van der Waals surface area contributed by atoms with Crippen molar-refractivity contribution in [1.82, 2.24) is 24.7 Å². The van der Waals surface area contributed by atoms with Gasteiger partial charge in [-0.1, -0.05) is 77.6 Å². The molecule has 1 saturated heterocycles. The quantitative estimate of drug-likeness (QED) is 0.395. The number of nitrogens with zero attached hydrogens (tertiary/aromatic N) is 4. The van der Waals surface area contributed by atoms with Crippen LogP contribution in [0, 0.1) is 11.3 Å². The zero-order valence-corrected chi connectivity index (χ0v) is 25.3. The average Bonchev–Trinajstić information content (AvgIpc) is 3.49. The van der Waals surface area contributed by atoms with E-state index in [1.54, 1.807) is 6.20 Å².